The zero-order chi connectivity index (χ0) is 21.4. The molecule has 0 spiro atoms. The minimum Gasteiger partial charge on any atom is -0.493 e. The number of carbonyl (C=O) groups excluding carboxylic acids is 1. The molecule has 0 bridgehead atoms. The molecular formula is C23H25N2O5+. The Kier molecular flexibility index (Phi) is 5.22. The maximum absolute atomic E-state index is 13.5. The molecule has 30 heavy (non-hydrogen) atoms. The molecule has 0 radical (unpaired) electrons. The molecule has 1 aliphatic rings. The fourth-order valence-corrected chi connectivity index (χ4v) is 3.99. The fourth-order valence-electron chi connectivity index (χ4n) is 3.99. The van der Waals surface area contributed by atoms with Gasteiger partial charge in [0.15, 0.2) is 16.9 Å². The fraction of sp³-hybridized carbons (Fsp3) is 0.304. The van der Waals surface area contributed by atoms with Gasteiger partial charge in [-0.05, 0) is 18.2 Å². The van der Waals surface area contributed by atoms with E-state index in [2.05, 4.69) is 0 Å². The normalized spacial score (nSPS) is 15.7. The number of para-hydroxylation sites is 2. The second-order valence-electron chi connectivity index (χ2n) is 7.61. The average Bonchev–Trinajstić information content (AvgIpc) is 3.03. The Hall–Kier alpha value is -3.32. The third-order valence-corrected chi connectivity index (χ3v) is 5.45. The van der Waals surface area contributed by atoms with Crippen molar-refractivity contribution in [3.05, 3.63) is 69.6 Å². The molecule has 7 nitrogen and oxygen atoms in total. The van der Waals surface area contributed by atoms with Gasteiger partial charge in [-0.2, -0.15) is 0 Å². The molecule has 1 aromatic heterocycles. The number of hydrogen-bond donors (Lipinski definition) is 1. The minimum absolute atomic E-state index is 0.0994. The van der Waals surface area contributed by atoms with Crippen LogP contribution in [0.1, 0.15) is 27.7 Å². The van der Waals surface area contributed by atoms with Gasteiger partial charge in [-0.3, -0.25) is 9.59 Å². The molecule has 0 aliphatic carbocycles. The number of rotatable bonds is 6. The van der Waals surface area contributed by atoms with Crippen molar-refractivity contribution in [2.24, 2.45) is 0 Å². The van der Waals surface area contributed by atoms with Crippen LogP contribution in [0.15, 0.2) is 51.7 Å². The summed E-state index contributed by atoms with van der Waals surface area (Å²) in [6.45, 7) is 1.18. The van der Waals surface area contributed by atoms with Gasteiger partial charge in [0.2, 0.25) is 5.76 Å². The Bertz CT molecular complexity index is 1170. The van der Waals surface area contributed by atoms with Gasteiger partial charge in [0.25, 0.3) is 5.91 Å². The molecule has 1 atom stereocenters. The van der Waals surface area contributed by atoms with Crippen molar-refractivity contribution in [3.8, 4) is 11.5 Å². The van der Waals surface area contributed by atoms with Crippen molar-refractivity contribution in [2.45, 2.75) is 6.04 Å². The lowest BCUT2D eigenvalue weighted by atomic mass is 9.97. The Morgan fingerprint density at radius 1 is 1.03 bits per heavy atom. The van der Waals surface area contributed by atoms with Gasteiger partial charge >= 0.3 is 0 Å². The van der Waals surface area contributed by atoms with Gasteiger partial charge in [-0.1, -0.05) is 24.3 Å². The van der Waals surface area contributed by atoms with Crippen molar-refractivity contribution in [1.29, 1.82) is 0 Å². The first kappa shape index (κ1) is 20.0. The number of hydrogen-bond acceptors (Lipinski definition) is 5. The zero-order valence-electron chi connectivity index (χ0n) is 17.5. The molecule has 1 amide bonds. The summed E-state index contributed by atoms with van der Waals surface area (Å²) in [6, 6.07) is 11.9. The van der Waals surface area contributed by atoms with Gasteiger partial charge in [0.05, 0.1) is 58.4 Å². The van der Waals surface area contributed by atoms with E-state index in [0.29, 0.717) is 40.1 Å². The van der Waals surface area contributed by atoms with Gasteiger partial charge in [-0.15, -0.1) is 0 Å². The smallest absolute Gasteiger partial charge is 0.291 e. The standard InChI is InChI=1S/C23H24N2O5/c1-24(2)12-13-25-19(15-9-7-11-17(28-3)21(15)29-4)18-20(26)14-8-5-6-10-16(14)30-22(18)23(25)27/h5-11,19H,12-13H2,1-4H3/p+1/t19-/m0/s1. The number of fused-ring (bicyclic) bond motifs is 2. The molecule has 0 unspecified atom stereocenters. The SMILES string of the molecule is COc1cccc([C@H]2c3c(oc4ccccc4c3=O)C(=O)N2CC[NH+](C)C)c1OC. The number of ether oxygens (including phenoxy) is 2. The molecule has 0 fully saturated rings. The lowest BCUT2D eigenvalue weighted by Gasteiger charge is -2.27. The molecule has 0 saturated carbocycles. The first-order chi connectivity index (χ1) is 14.5. The van der Waals surface area contributed by atoms with E-state index >= 15 is 0 Å². The predicted molar refractivity (Wildman–Crippen MR) is 113 cm³/mol. The third kappa shape index (κ3) is 3.11. The van der Waals surface area contributed by atoms with Crippen molar-refractivity contribution in [2.75, 3.05) is 41.4 Å². The monoisotopic (exact) mass is 409 g/mol. The van der Waals surface area contributed by atoms with E-state index in [1.807, 2.05) is 26.2 Å². The minimum atomic E-state index is -0.613. The lowest BCUT2D eigenvalue weighted by molar-refractivity contribution is -0.857. The first-order valence-electron chi connectivity index (χ1n) is 9.84. The predicted octanol–water partition coefficient (Wildman–Crippen LogP) is 1.50. The summed E-state index contributed by atoms with van der Waals surface area (Å²) in [5.74, 6) is 0.853. The molecule has 1 aliphatic heterocycles. The van der Waals surface area contributed by atoms with Gasteiger partial charge in [-0.25, -0.2) is 0 Å². The summed E-state index contributed by atoms with van der Waals surface area (Å²) in [5.41, 5.74) is 1.25. The highest BCUT2D eigenvalue weighted by Gasteiger charge is 2.44. The topological polar surface area (TPSA) is 73.4 Å². The highest BCUT2D eigenvalue weighted by molar-refractivity contribution is 5.99. The van der Waals surface area contributed by atoms with Gasteiger partial charge in [0, 0.05) is 5.56 Å². The van der Waals surface area contributed by atoms with Crippen molar-refractivity contribution in [1.82, 2.24) is 4.90 Å². The van der Waals surface area contributed by atoms with Crippen LogP contribution < -0.4 is 19.8 Å². The Morgan fingerprint density at radius 2 is 1.80 bits per heavy atom. The second kappa shape index (κ2) is 7.84. The zero-order valence-corrected chi connectivity index (χ0v) is 17.5. The van der Waals surface area contributed by atoms with Crippen LogP contribution in [0.4, 0.5) is 0 Å². The quantitative estimate of drug-likeness (QED) is 0.668. The van der Waals surface area contributed by atoms with Crippen LogP contribution in [0.2, 0.25) is 0 Å². The number of nitrogens with one attached hydrogen (secondary N) is 1. The largest absolute Gasteiger partial charge is 0.493 e. The average molecular weight is 409 g/mol. The van der Waals surface area contributed by atoms with Crippen LogP contribution in [-0.2, 0) is 0 Å². The summed E-state index contributed by atoms with van der Waals surface area (Å²) in [6.07, 6.45) is 0. The van der Waals surface area contributed by atoms with E-state index in [9.17, 15) is 9.59 Å². The number of methoxy groups -OCH3 is 2. The Labute approximate surface area is 174 Å². The van der Waals surface area contributed by atoms with Crippen LogP contribution in [0, 0.1) is 0 Å². The highest BCUT2D eigenvalue weighted by atomic mass is 16.5. The Morgan fingerprint density at radius 3 is 2.50 bits per heavy atom. The van der Waals surface area contributed by atoms with Crippen LogP contribution in [0.5, 0.6) is 11.5 Å². The van der Waals surface area contributed by atoms with Crippen molar-refractivity contribution in [3.63, 3.8) is 0 Å². The molecule has 2 aromatic carbocycles. The maximum Gasteiger partial charge on any atom is 0.291 e. The van der Waals surface area contributed by atoms with Gasteiger partial charge in [0.1, 0.15) is 5.58 Å². The van der Waals surface area contributed by atoms with Crippen LogP contribution in [0.25, 0.3) is 11.0 Å². The van der Waals surface area contributed by atoms with E-state index < -0.39 is 6.04 Å². The van der Waals surface area contributed by atoms with E-state index in [4.69, 9.17) is 13.9 Å². The highest BCUT2D eigenvalue weighted by Crippen LogP contribution is 2.44. The van der Waals surface area contributed by atoms with Crippen molar-refractivity contribution < 1.29 is 23.6 Å². The molecular weight excluding hydrogens is 384 g/mol. The number of quaternary nitrogens is 1. The number of nitrogens with zero attached hydrogens (tertiary/aromatic N) is 1. The van der Waals surface area contributed by atoms with E-state index in [0.717, 1.165) is 6.54 Å². The number of amides is 1. The number of carbonyl (C=O) groups is 1. The number of likely N-dealkylation sites (N-methyl/N-ethyl adjacent to an activating group) is 1. The van der Waals surface area contributed by atoms with Crippen LogP contribution >= 0.6 is 0 Å². The summed E-state index contributed by atoms with van der Waals surface area (Å²) in [5, 5.41) is 0.455. The number of benzene rings is 2. The van der Waals surface area contributed by atoms with E-state index in [1.165, 1.54) is 4.90 Å². The Balaban J connectivity index is 1.99. The van der Waals surface area contributed by atoms with Crippen LogP contribution in [0.3, 0.4) is 0 Å². The lowest BCUT2D eigenvalue weighted by Crippen LogP contribution is -3.06. The third-order valence-electron chi connectivity index (χ3n) is 5.45. The van der Waals surface area contributed by atoms with Gasteiger partial charge < -0.3 is 23.7 Å². The summed E-state index contributed by atoms with van der Waals surface area (Å²) < 4.78 is 17.0. The first-order valence-corrected chi connectivity index (χ1v) is 9.84. The second-order valence-corrected chi connectivity index (χ2v) is 7.61. The molecule has 4 rings (SSSR count). The molecule has 0 saturated heterocycles. The van der Waals surface area contributed by atoms with Crippen LogP contribution in [-0.4, -0.2) is 52.2 Å². The molecule has 3 aromatic rings. The molecule has 1 N–H and O–H groups in total. The molecule has 156 valence electrons. The van der Waals surface area contributed by atoms with E-state index in [-0.39, 0.29) is 17.1 Å². The van der Waals surface area contributed by atoms with Crippen molar-refractivity contribution >= 4 is 16.9 Å². The summed E-state index contributed by atoms with van der Waals surface area (Å²) in [4.78, 5) is 29.7. The molecule has 2 heterocycles. The summed E-state index contributed by atoms with van der Waals surface area (Å²) in [7, 11) is 7.15. The molecule has 7 heteroatoms. The van der Waals surface area contributed by atoms with E-state index in [1.54, 1.807) is 49.5 Å². The maximum atomic E-state index is 13.5. The summed E-state index contributed by atoms with van der Waals surface area (Å²) >= 11 is 0.